The van der Waals surface area contributed by atoms with Gasteiger partial charge in [0.25, 0.3) is 0 Å². The summed E-state index contributed by atoms with van der Waals surface area (Å²) in [4.78, 5) is 31.2. The highest BCUT2D eigenvalue weighted by atomic mass is 16.4. The first kappa shape index (κ1) is 16.2. The lowest BCUT2D eigenvalue weighted by Gasteiger charge is -2.01. The third kappa shape index (κ3) is 4.64. The molecule has 1 aliphatic heterocycles. The molecule has 0 saturated carbocycles. The molecule has 0 fully saturated rings. The van der Waals surface area contributed by atoms with Gasteiger partial charge in [-0.05, 0) is 37.2 Å². The molecule has 0 radical (unpaired) electrons. The number of benzene rings is 1. The van der Waals surface area contributed by atoms with E-state index >= 15 is 0 Å². The zero-order chi connectivity index (χ0) is 16.0. The van der Waals surface area contributed by atoms with Crippen LogP contribution in [0.2, 0.25) is 0 Å². The van der Waals surface area contributed by atoms with Gasteiger partial charge in [0.2, 0.25) is 0 Å². The standard InChI is InChI=1S/C9H8O4.C5H7NO2/c1-5-2-3-6(8(10)11)4-7(5)9(12)13;7-5(8)4-2-1-3-6-4/h2-4H,1H3,(H,10,11)(H,12,13);1,3-4,6H,2H2,(H,7,8). The minimum atomic E-state index is -1.12. The summed E-state index contributed by atoms with van der Waals surface area (Å²) >= 11 is 0. The van der Waals surface area contributed by atoms with E-state index < -0.39 is 17.9 Å². The number of aliphatic carboxylic acids is 1. The van der Waals surface area contributed by atoms with Gasteiger partial charge in [-0.15, -0.1) is 0 Å². The van der Waals surface area contributed by atoms with Crippen LogP contribution in [0.1, 0.15) is 32.7 Å². The van der Waals surface area contributed by atoms with Crippen LogP contribution in [0.15, 0.2) is 30.5 Å². The summed E-state index contributed by atoms with van der Waals surface area (Å²) < 4.78 is 0. The highest BCUT2D eigenvalue weighted by Gasteiger charge is 2.16. The zero-order valence-electron chi connectivity index (χ0n) is 11.2. The molecule has 112 valence electrons. The molecule has 1 heterocycles. The molecule has 1 aliphatic rings. The lowest BCUT2D eigenvalue weighted by molar-refractivity contribution is -0.138. The highest BCUT2D eigenvalue weighted by molar-refractivity contribution is 5.94. The quantitative estimate of drug-likeness (QED) is 0.662. The molecule has 4 N–H and O–H groups in total. The van der Waals surface area contributed by atoms with Crippen molar-refractivity contribution in [1.29, 1.82) is 0 Å². The summed E-state index contributed by atoms with van der Waals surface area (Å²) in [6, 6.07) is 3.63. The number of nitrogens with one attached hydrogen (secondary N) is 1. The largest absolute Gasteiger partial charge is 0.480 e. The second kappa shape index (κ2) is 7.09. The fourth-order valence-electron chi connectivity index (χ4n) is 1.61. The molecular weight excluding hydrogens is 278 g/mol. The Morgan fingerprint density at radius 2 is 1.81 bits per heavy atom. The molecule has 7 heteroatoms. The van der Waals surface area contributed by atoms with Crippen LogP contribution in [-0.4, -0.2) is 39.3 Å². The van der Waals surface area contributed by atoms with Crippen molar-refractivity contribution in [2.75, 3.05) is 0 Å². The lowest BCUT2D eigenvalue weighted by atomic mass is 10.1. The van der Waals surface area contributed by atoms with E-state index in [4.69, 9.17) is 15.3 Å². The molecule has 0 saturated heterocycles. The Morgan fingerprint density at radius 3 is 2.19 bits per heavy atom. The number of hydrogen-bond acceptors (Lipinski definition) is 4. The molecule has 21 heavy (non-hydrogen) atoms. The zero-order valence-corrected chi connectivity index (χ0v) is 11.2. The van der Waals surface area contributed by atoms with Crippen LogP contribution < -0.4 is 5.32 Å². The van der Waals surface area contributed by atoms with Crippen LogP contribution >= 0.6 is 0 Å². The van der Waals surface area contributed by atoms with E-state index in [0.717, 1.165) is 6.07 Å². The van der Waals surface area contributed by atoms with Crippen molar-refractivity contribution in [3.8, 4) is 0 Å². The molecular formula is C14H15NO6. The van der Waals surface area contributed by atoms with Crippen LogP contribution in [-0.2, 0) is 4.79 Å². The number of carbonyl (C=O) groups is 3. The number of aromatic carboxylic acids is 2. The normalized spacial score (nSPS) is 15.6. The summed E-state index contributed by atoms with van der Waals surface area (Å²) in [6.45, 7) is 1.62. The number of aryl methyl sites for hydroxylation is 1. The fraction of sp³-hybridized carbons (Fsp3) is 0.214. The van der Waals surface area contributed by atoms with Gasteiger partial charge < -0.3 is 20.6 Å². The average Bonchev–Trinajstić information content (AvgIpc) is 2.93. The summed E-state index contributed by atoms with van der Waals surface area (Å²) in [5.41, 5.74) is 0.570. The van der Waals surface area contributed by atoms with Crippen LogP contribution in [0, 0.1) is 6.92 Å². The third-order valence-corrected chi connectivity index (χ3v) is 2.80. The summed E-state index contributed by atoms with van der Waals surface area (Å²) in [5, 5.41) is 28.3. The Hall–Kier alpha value is -2.83. The summed E-state index contributed by atoms with van der Waals surface area (Å²) in [7, 11) is 0. The Kier molecular flexibility index (Phi) is 5.48. The van der Waals surface area contributed by atoms with Crippen molar-refractivity contribution in [2.45, 2.75) is 19.4 Å². The molecule has 0 bridgehead atoms. The number of carboxylic acid groups (broad SMARTS) is 3. The number of rotatable bonds is 3. The number of carboxylic acids is 3. The average molecular weight is 293 g/mol. The van der Waals surface area contributed by atoms with Gasteiger partial charge in [-0.2, -0.15) is 0 Å². The number of hydrogen-bond donors (Lipinski definition) is 4. The van der Waals surface area contributed by atoms with E-state index in [1.165, 1.54) is 12.1 Å². The van der Waals surface area contributed by atoms with E-state index in [2.05, 4.69) is 5.32 Å². The predicted octanol–water partition coefficient (Wildman–Crippen LogP) is 1.34. The third-order valence-electron chi connectivity index (χ3n) is 2.80. The molecule has 0 amide bonds. The minimum Gasteiger partial charge on any atom is -0.480 e. The van der Waals surface area contributed by atoms with Gasteiger partial charge >= 0.3 is 17.9 Å². The predicted molar refractivity (Wildman–Crippen MR) is 73.4 cm³/mol. The molecule has 1 atom stereocenters. The van der Waals surface area contributed by atoms with Gasteiger partial charge in [-0.3, -0.25) is 0 Å². The first-order chi connectivity index (χ1) is 9.82. The first-order valence-corrected chi connectivity index (χ1v) is 6.04. The van der Waals surface area contributed by atoms with Gasteiger partial charge in [-0.25, -0.2) is 14.4 Å². The summed E-state index contributed by atoms with van der Waals surface area (Å²) in [5.74, 6) is -3.02. The monoisotopic (exact) mass is 293 g/mol. The van der Waals surface area contributed by atoms with E-state index in [1.54, 1.807) is 19.2 Å². The molecule has 1 aromatic carbocycles. The molecule has 0 spiro atoms. The maximum absolute atomic E-state index is 10.6. The maximum Gasteiger partial charge on any atom is 0.335 e. The van der Waals surface area contributed by atoms with Gasteiger partial charge in [0, 0.05) is 0 Å². The van der Waals surface area contributed by atoms with E-state index in [-0.39, 0.29) is 17.2 Å². The second-order valence-electron chi connectivity index (χ2n) is 4.34. The molecule has 7 nitrogen and oxygen atoms in total. The van der Waals surface area contributed by atoms with Crippen LogP contribution in [0.5, 0.6) is 0 Å². The Bertz CT molecular complexity index is 585. The molecule has 1 aromatic rings. The van der Waals surface area contributed by atoms with E-state index in [1.807, 2.05) is 0 Å². The second-order valence-corrected chi connectivity index (χ2v) is 4.34. The smallest absolute Gasteiger partial charge is 0.335 e. The summed E-state index contributed by atoms with van der Waals surface area (Å²) in [6.07, 6.45) is 4.08. The van der Waals surface area contributed by atoms with Crippen molar-refractivity contribution in [3.05, 3.63) is 47.2 Å². The molecule has 0 aromatic heterocycles. The fourth-order valence-corrected chi connectivity index (χ4v) is 1.61. The van der Waals surface area contributed by atoms with Crippen molar-refractivity contribution >= 4 is 17.9 Å². The van der Waals surface area contributed by atoms with Gasteiger partial charge in [0.15, 0.2) is 0 Å². The van der Waals surface area contributed by atoms with Gasteiger partial charge in [0.1, 0.15) is 6.04 Å². The Balaban J connectivity index is 0.000000235. The molecule has 2 rings (SSSR count). The minimum absolute atomic E-state index is 0.0111. The molecule has 1 unspecified atom stereocenters. The van der Waals surface area contributed by atoms with Crippen molar-refractivity contribution in [2.24, 2.45) is 0 Å². The van der Waals surface area contributed by atoms with Crippen molar-refractivity contribution in [1.82, 2.24) is 5.32 Å². The molecule has 0 aliphatic carbocycles. The van der Waals surface area contributed by atoms with Crippen LogP contribution in [0.4, 0.5) is 0 Å². The van der Waals surface area contributed by atoms with Crippen molar-refractivity contribution in [3.63, 3.8) is 0 Å². The SMILES string of the molecule is Cc1ccc(C(=O)O)cc1C(=O)O.O=C(O)C1CC=CN1. The van der Waals surface area contributed by atoms with Crippen molar-refractivity contribution < 1.29 is 29.7 Å². The van der Waals surface area contributed by atoms with Crippen LogP contribution in [0.25, 0.3) is 0 Å². The highest BCUT2D eigenvalue weighted by Crippen LogP contribution is 2.11. The topological polar surface area (TPSA) is 124 Å². The van der Waals surface area contributed by atoms with Gasteiger partial charge in [-0.1, -0.05) is 12.1 Å². The van der Waals surface area contributed by atoms with E-state index in [9.17, 15) is 14.4 Å². The lowest BCUT2D eigenvalue weighted by Crippen LogP contribution is -2.28. The first-order valence-electron chi connectivity index (χ1n) is 6.04. The van der Waals surface area contributed by atoms with E-state index in [0.29, 0.717) is 12.0 Å². The Morgan fingerprint density at radius 1 is 1.14 bits per heavy atom. The van der Waals surface area contributed by atoms with Gasteiger partial charge in [0.05, 0.1) is 11.1 Å². The maximum atomic E-state index is 10.6. The Labute approximate surface area is 120 Å². The van der Waals surface area contributed by atoms with Crippen LogP contribution in [0.3, 0.4) is 0 Å².